The molecule has 0 saturated carbocycles. The topological polar surface area (TPSA) is 180 Å². The highest BCUT2D eigenvalue weighted by atomic mass is 28.4. The number of hydrogen-bond donors (Lipinski definition) is 2. The van der Waals surface area contributed by atoms with E-state index < -0.39 is 79.6 Å². The van der Waals surface area contributed by atoms with Crippen LogP contribution < -0.4 is 21.0 Å². The van der Waals surface area contributed by atoms with E-state index in [4.69, 9.17) is 28.1 Å². The van der Waals surface area contributed by atoms with Crippen molar-refractivity contribution in [2.75, 3.05) is 6.54 Å². The third-order valence-corrected chi connectivity index (χ3v) is 15.7. The highest BCUT2D eigenvalue weighted by Crippen LogP contribution is 2.38. The van der Waals surface area contributed by atoms with E-state index in [1.165, 1.54) is 0 Å². The molecule has 0 heterocycles. The summed E-state index contributed by atoms with van der Waals surface area (Å²) in [7, 11) is -3.63. The molecule has 2 atom stereocenters. The first kappa shape index (κ1) is 54.6. The van der Waals surface area contributed by atoms with Crippen molar-refractivity contribution in [3.63, 3.8) is 0 Å². The van der Waals surface area contributed by atoms with E-state index in [0.29, 0.717) is 16.7 Å². The number of hydrogen-bond acceptors (Lipinski definition) is 11. The van der Waals surface area contributed by atoms with Crippen molar-refractivity contribution >= 4 is 55.0 Å². The molecule has 5 rings (SSSR count). The van der Waals surface area contributed by atoms with Gasteiger partial charge in [-0.15, -0.1) is 4.99 Å². The quantitative estimate of drug-likeness (QED) is 0.0316. The fourth-order valence-electron chi connectivity index (χ4n) is 7.50. The maximum atomic E-state index is 14.7. The molecule has 0 unspecified atom stereocenters. The summed E-state index contributed by atoms with van der Waals surface area (Å²) in [6, 6.07) is 44.4. The number of benzene rings is 5. The molecule has 0 spiro atoms. The summed E-state index contributed by atoms with van der Waals surface area (Å²) in [6.45, 7) is 15.3. The summed E-state index contributed by atoms with van der Waals surface area (Å²) < 4.78 is 36.3. The SMILES string of the molecule is CC(C)(C)OC(=O)N[C@H](C(=O)OC(C)(C)C)[C@@H](CCN(C(=O)OCc1ccccc1)/C(=N/C(=O)OCc1ccccc1)NC(=O)OCc1ccccc1)O[Si](c1ccccc1)(c1ccccc1)C(C)(C)C. The molecule has 71 heavy (non-hydrogen) atoms. The van der Waals surface area contributed by atoms with Gasteiger partial charge in [0.25, 0.3) is 8.32 Å². The van der Waals surface area contributed by atoms with Crippen LogP contribution in [0.3, 0.4) is 0 Å². The molecule has 15 nitrogen and oxygen atoms in total. The van der Waals surface area contributed by atoms with Crippen LogP contribution in [0.5, 0.6) is 0 Å². The number of carbonyl (C=O) groups is 5. The van der Waals surface area contributed by atoms with Crippen molar-refractivity contribution in [2.45, 2.75) is 117 Å². The number of nitrogens with one attached hydrogen (secondary N) is 2. The number of alkyl carbamates (subject to hydrolysis) is 2. The van der Waals surface area contributed by atoms with Crippen LogP contribution in [0.4, 0.5) is 19.2 Å². The summed E-state index contributed by atoms with van der Waals surface area (Å²) in [6.07, 6.45) is -5.82. The van der Waals surface area contributed by atoms with Crippen molar-refractivity contribution in [3.8, 4) is 0 Å². The van der Waals surface area contributed by atoms with E-state index >= 15 is 0 Å². The Hall–Kier alpha value is -7.30. The lowest BCUT2D eigenvalue weighted by Gasteiger charge is -2.46. The van der Waals surface area contributed by atoms with Gasteiger partial charge in [0.05, 0.1) is 6.10 Å². The largest absolute Gasteiger partial charge is 0.458 e. The highest BCUT2D eigenvalue weighted by molar-refractivity contribution is 6.99. The number of guanidine groups is 1. The second-order valence-electron chi connectivity index (χ2n) is 19.6. The van der Waals surface area contributed by atoms with Crippen LogP contribution in [0.1, 0.15) is 85.4 Å². The van der Waals surface area contributed by atoms with E-state index in [-0.39, 0.29) is 26.2 Å². The smallest absolute Gasteiger partial charge is 0.437 e. The second-order valence-corrected chi connectivity index (χ2v) is 23.9. The molecule has 5 aromatic rings. The van der Waals surface area contributed by atoms with Crippen molar-refractivity contribution < 1.29 is 52.1 Å². The zero-order valence-corrected chi connectivity index (χ0v) is 43.0. The molecule has 0 radical (unpaired) electrons. The summed E-state index contributed by atoms with van der Waals surface area (Å²) >= 11 is 0. The summed E-state index contributed by atoms with van der Waals surface area (Å²) in [4.78, 5) is 75.8. The third kappa shape index (κ3) is 17.0. The third-order valence-electron chi connectivity index (χ3n) is 10.6. The summed E-state index contributed by atoms with van der Waals surface area (Å²) in [5.41, 5.74) is -0.0597. The lowest BCUT2D eigenvalue weighted by atomic mass is 10.1. The first-order valence-electron chi connectivity index (χ1n) is 23.4. The summed E-state index contributed by atoms with van der Waals surface area (Å²) in [5.74, 6) is -1.47. The fraction of sp³-hybridized carbons (Fsp3) is 0.345. The predicted molar refractivity (Wildman–Crippen MR) is 273 cm³/mol. The van der Waals surface area contributed by atoms with Crippen LogP contribution in [0.2, 0.25) is 5.04 Å². The molecule has 0 saturated heterocycles. The van der Waals surface area contributed by atoms with Gasteiger partial charge in [0.1, 0.15) is 31.0 Å². The van der Waals surface area contributed by atoms with Crippen LogP contribution in [0, 0.1) is 0 Å². The van der Waals surface area contributed by atoms with E-state index in [9.17, 15) is 24.0 Å². The maximum Gasteiger partial charge on any atom is 0.437 e. The van der Waals surface area contributed by atoms with E-state index in [1.807, 2.05) is 99.6 Å². The van der Waals surface area contributed by atoms with E-state index in [1.54, 1.807) is 114 Å². The minimum absolute atomic E-state index is 0.167. The van der Waals surface area contributed by atoms with Gasteiger partial charge in [0, 0.05) is 6.54 Å². The van der Waals surface area contributed by atoms with Crippen molar-refractivity contribution in [1.82, 2.24) is 15.5 Å². The van der Waals surface area contributed by atoms with Gasteiger partial charge in [-0.2, -0.15) is 0 Å². The molecular weight excluding hydrogens is 921 g/mol. The molecule has 0 aliphatic carbocycles. The minimum Gasteiger partial charge on any atom is -0.458 e. The molecule has 4 amide bonds. The predicted octanol–water partition coefficient (Wildman–Crippen LogP) is 9.81. The van der Waals surface area contributed by atoms with Gasteiger partial charge in [0.2, 0.25) is 5.96 Å². The van der Waals surface area contributed by atoms with Crippen molar-refractivity contribution in [1.29, 1.82) is 0 Å². The number of nitrogens with zero attached hydrogens (tertiary/aromatic N) is 2. The molecule has 0 aliphatic rings. The van der Waals surface area contributed by atoms with Crippen LogP contribution in [-0.4, -0.2) is 79.4 Å². The summed E-state index contributed by atoms with van der Waals surface area (Å²) in [5, 5.41) is 6.27. The fourth-order valence-corrected chi connectivity index (χ4v) is 12.2. The van der Waals surface area contributed by atoms with Crippen LogP contribution >= 0.6 is 0 Å². The Bertz CT molecular complexity index is 2490. The number of rotatable bonds is 16. The number of esters is 1. The first-order valence-corrected chi connectivity index (χ1v) is 25.3. The Morgan fingerprint density at radius 3 is 1.41 bits per heavy atom. The Labute approximate surface area is 418 Å². The van der Waals surface area contributed by atoms with Gasteiger partial charge in [-0.1, -0.05) is 172 Å². The molecule has 0 fully saturated rings. The van der Waals surface area contributed by atoms with Crippen LogP contribution in [-0.2, 0) is 52.7 Å². The lowest BCUT2D eigenvalue weighted by Crippen LogP contribution is -2.70. The van der Waals surface area contributed by atoms with Gasteiger partial charge in [-0.3, -0.25) is 5.32 Å². The number of ether oxygens (including phenoxy) is 5. The van der Waals surface area contributed by atoms with Gasteiger partial charge in [-0.05, 0) is 80.1 Å². The maximum absolute atomic E-state index is 14.7. The highest BCUT2D eigenvalue weighted by Gasteiger charge is 2.53. The molecule has 5 aromatic carbocycles. The van der Waals surface area contributed by atoms with Gasteiger partial charge in [0.15, 0.2) is 6.04 Å². The number of amides is 4. The second kappa shape index (κ2) is 25.0. The normalized spacial score (nSPS) is 12.9. The Morgan fingerprint density at radius 1 is 0.549 bits per heavy atom. The first-order chi connectivity index (χ1) is 33.6. The number of carbonyl (C=O) groups excluding carboxylic acids is 5. The van der Waals surface area contributed by atoms with Gasteiger partial charge in [-0.25, -0.2) is 28.9 Å². The van der Waals surface area contributed by atoms with Crippen LogP contribution in [0.25, 0.3) is 0 Å². The van der Waals surface area contributed by atoms with Gasteiger partial charge >= 0.3 is 30.3 Å². The van der Waals surface area contributed by atoms with E-state index in [0.717, 1.165) is 15.3 Å². The molecule has 376 valence electrons. The molecule has 0 aliphatic heterocycles. The lowest BCUT2D eigenvalue weighted by molar-refractivity contribution is -0.160. The monoisotopic (exact) mass is 986 g/mol. The van der Waals surface area contributed by atoms with E-state index in [2.05, 4.69) is 15.6 Å². The standard InChI is InChI=1S/C55H66N4O11Si/c1-53(2,3)68-47(60)46(56-51(63)69-54(4,5)6)45(70-71(55(7,8)9,43-31-21-13-22-32-43)44-33-23-14-24-34-44)35-36-59(52(64)67-39-42-29-19-12-20-30-42)48(57-49(61)65-37-40-25-15-10-16-26-40)58-50(62)66-38-41-27-17-11-18-28-41/h10-34,45-46H,35-39H2,1-9H3,(H,56,63)(H,57,58,61,62)/t45-,46+/m1/s1. The Balaban J connectivity index is 1.68. The van der Waals surface area contributed by atoms with Crippen molar-refractivity contribution in [2.24, 2.45) is 4.99 Å². The minimum atomic E-state index is -3.63. The molecule has 0 bridgehead atoms. The average molecular weight is 987 g/mol. The zero-order valence-electron chi connectivity index (χ0n) is 42.0. The number of aliphatic imine (C=N–C) groups is 1. The van der Waals surface area contributed by atoms with Gasteiger partial charge < -0.3 is 33.4 Å². The zero-order chi connectivity index (χ0) is 51.7. The molecule has 0 aromatic heterocycles. The average Bonchev–Trinajstić information content (AvgIpc) is 3.32. The molecule has 2 N–H and O–H groups in total. The van der Waals surface area contributed by atoms with Crippen LogP contribution in [0.15, 0.2) is 157 Å². The Morgan fingerprint density at radius 2 is 0.972 bits per heavy atom. The molecule has 16 heteroatoms. The van der Waals surface area contributed by atoms with Crippen molar-refractivity contribution in [3.05, 3.63) is 168 Å². The Kier molecular flexibility index (Phi) is 19.2. The molecular formula is C55H66N4O11Si.